The minimum absolute atomic E-state index is 0.0338. The van der Waals surface area contributed by atoms with Gasteiger partial charge in [0.2, 0.25) is 5.91 Å². The molecule has 2 aliphatic rings. The average Bonchev–Trinajstić information content (AvgIpc) is 3.23. The van der Waals surface area contributed by atoms with Gasteiger partial charge in [0.15, 0.2) is 15.9 Å². The number of hydrogen-bond donors (Lipinski definition) is 1. The van der Waals surface area contributed by atoms with E-state index in [-0.39, 0.29) is 30.4 Å². The van der Waals surface area contributed by atoms with Crippen LogP contribution in [-0.4, -0.2) is 56.4 Å². The lowest BCUT2D eigenvalue weighted by Gasteiger charge is -2.20. The first-order chi connectivity index (χ1) is 13.7. The zero-order valence-corrected chi connectivity index (χ0v) is 17.4. The number of esters is 1. The molecule has 0 saturated carbocycles. The van der Waals surface area contributed by atoms with Gasteiger partial charge in [0.25, 0.3) is 5.91 Å². The summed E-state index contributed by atoms with van der Waals surface area (Å²) in [5.41, 5.74) is 1.82. The van der Waals surface area contributed by atoms with Gasteiger partial charge in [-0.1, -0.05) is 25.1 Å². The SMILES string of the molecule is CCc1ccccc1N1C[C@@H](C(=O)O[C@@H](C)C(=O)N[C@@H]2CCS(=O)(=O)C2)CC1=O. The minimum atomic E-state index is -3.11. The number of anilines is 1. The summed E-state index contributed by atoms with van der Waals surface area (Å²) in [5, 5.41) is 2.62. The van der Waals surface area contributed by atoms with Crippen LogP contribution in [0.5, 0.6) is 0 Å². The van der Waals surface area contributed by atoms with Crippen molar-refractivity contribution in [2.45, 2.75) is 45.3 Å². The molecule has 3 rings (SSSR count). The topological polar surface area (TPSA) is 110 Å². The second-order valence-electron chi connectivity index (χ2n) is 7.58. The van der Waals surface area contributed by atoms with E-state index in [2.05, 4.69) is 5.32 Å². The second kappa shape index (κ2) is 8.52. The third-order valence-corrected chi connectivity index (χ3v) is 7.13. The molecule has 9 heteroatoms. The Balaban J connectivity index is 1.57. The lowest BCUT2D eigenvalue weighted by atomic mass is 10.1. The molecule has 8 nitrogen and oxygen atoms in total. The Morgan fingerprint density at radius 1 is 1.31 bits per heavy atom. The summed E-state index contributed by atoms with van der Waals surface area (Å²) in [6, 6.07) is 7.11. The number of aryl methyl sites for hydroxylation is 1. The van der Waals surface area contributed by atoms with Crippen LogP contribution in [0.25, 0.3) is 0 Å². The second-order valence-corrected chi connectivity index (χ2v) is 9.80. The molecule has 0 aromatic heterocycles. The third-order valence-electron chi connectivity index (χ3n) is 5.36. The highest BCUT2D eigenvalue weighted by atomic mass is 32.2. The summed E-state index contributed by atoms with van der Waals surface area (Å²) in [4.78, 5) is 38.8. The summed E-state index contributed by atoms with van der Waals surface area (Å²) in [7, 11) is -3.11. The fourth-order valence-corrected chi connectivity index (χ4v) is 5.40. The Morgan fingerprint density at radius 3 is 2.69 bits per heavy atom. The molecule has 1 aromatic carbocycles. The quantitative estimate of drug-likeness (QED) is 0.680. The van der Waals surface area contributed by atoms with Crippen LogP contribution in [0.2, 0.25) is 0 Å². The molecule has 3 atom stereocenters. The van der Waals surface area contributed by atoms with E-state index in [1.54, 1.807) is 4.90 Å². The van der Waals surface area contributed by atoms with Crippen LogP contribution in [0.4, 0.5) is 5.69 Å². The number of benzene rings is 1. The molecular weight excluding hydrogens is 396 g/mol. The molecule has 2 saturated heterocycles. The Bertz CT molecular complexity index is 913. The van der Waals surface area contributed by atoms with E-state index in [0.717, 1.165) is 17.7 Å². The molecule has 158 valence electrons. The fraction of sp³-hybridized carbons (Fsp3) is 0.550. The van der Waals surface area contributed by atoms with Gasteiger partial charge in [-0.15, -0.1) is 0 Å². The van der Waals surface area contributed by atoms with Gasteiger partial charge in [0.05, 0.1) is 17.4 Å². The molecule has 2 fully saturated rings. The van der Waals surface area contributed by atoms with Crippen LogP contribution in [0.3, 0.4) is 0 Å². The molecule has 2 amide bonds. The first-order valence-electron chi connectivity index (χ1n) is 9.79. The Kier molecular flexibility index (Phi) is 6.26. The van der Waals surface area contributed by atoms with Gasteiger partial charge in [0, 0.05) is 24.7 Å². The van der Waals surface area contributed by atoms with E-state index in [4.69, 9.17) is 4.74 Å². The molecule has 0 radical (unpaired) electrons. The minimum Gasteiger partial charge on any atom is -0.452 e. The highest BCUT2D eigenvalue weighted by molar-refractivity contribution is 7.91. The Hall–Kier alpha value is -2.42. The lowest BCUT2D eigenvalue weighted by molar-refractivity contribution is -0.158. The maximum absolute atomic E-state index is 12.5. The molecule has 0 bridgehead atoms. The largest absolute Gasteiger partial charge is 0.452 e. The van der Waals surface area contributed by atoms with E-state index < -0.39 is 39.8 Å². The molecule has 2 heterocycles. The number of amides is 2. The summed E-state index contributed by atoms with van der Waals surface area (Å²) in [6.07, 6.45) is 0.102. The lowest BCUT2D eigenvalue weighted by Crippen LogP contribution is -2.43. The number of nitrogens with zero attached hydrogens (tertiary/aromatic N) is 1. The number of sulfone groups is 1. The number of carbonyl (C=O) groups excluding carboxylic acids is 3. The van der Waals surface area contributed by atoms with Crippen LogP contribution in [0, 0.1) is 5.92 Å². The first kappa shape index (κ1) is 21.3. The van der Waals surface area contributed by atoms with Gasteiger partial charge in [-0.3, -0.25) is 14.4 Å². The molecule has 2 aliphatic heterocycles. The van der Waals surface area contributed by atoms with Crippen molar-refractivity contribution in [1.82, 2.24) is 5.32 Å². The fourth-order valence-electron chi connectivity index (χ4n) is 3.72. The zero-order chi connectivity index (χ0) is 21.2. The van der Waals surface area contributed by atoms with Crippen molar-refractivity contribution >= 4 is 33.3 Å². The predicted molar refractivity (Wildman–Crippen MR) is 107 cm³/mol. The van der Waals surface area contributed by atoms with Crippen LogP contribution in [0.15, 0.2) is 24.3 Å². The standard InChI is InChI=1S/C20H26N2O6S/c1-3-14-6-4-5-7-17(14)22-11-15(10-18(22)23)20(25)28-13(2)19(24)21-16-8-9-29(26,27)12-16/h4-7,13,15-16H,3,8-12H2,1-2H3,(H,21,24)/t13-,15-,16+/m0/s1. The van der Waals surface area contributed by atoms with E-state index in [1.807, 2.05) is 31.2 Å². The molecule has 0 aliphatic carbocycles. The highest BCUT2D eigenvalue weighted by Crippen LogP contribution is 2.29. The van der Waals surface area contributed by atoms with Gasteiger partial charge in [-0.2, -0.15) is 0 Å². The Morgan fingerprint density at radius 2 is 2.03 bits per heavy atom. The van der Waals surface area contributed by atoms with Crippen molar-refractivity contribution in [3.8, 4) is 0 Å². The van der Waals surface area contributed by atoms with Crippen molar-refractivity contribution in [3.05, 3.63) is 29.8 Å². The van der Waals surface area contributed by atoms with E-state index >= 15 is 0 Å². The summed E-state index contributed by atoms with van der Waals surface area (Å²) in [6.45, 7) is 3.66. The molecule has 0 spiro atoms. The van der Waals surface area contributed by atoms with Crippen LogP contribution < -0.4 is 10.2 Å². The third kappa shape index (κ3) is 4.95. The number of ether oxygens (including phenoxy) is 1. The number of rotatable bonds is 6. The number of carbonyl (C=O) groups is 3. The summed E-state index contributed by atoms with van der Waals surface area (Å²) >= 11 is 0. The maximum atomic E-state index is 12.5. The number of hydrogen-bond acceptors (Lipinski definition) is 6. The van der Waals surface area contributed by atoms with Gasteiger partial charge < -0.3 is 15.0 Å². The monoisotopic (exact) mass is 422 g/mol. The van der Waals surface area contributed by atoms with Crippen LogP contribution in [-0.2, 0) is 35.4 Å². The predicted octanol–water partition coefficient (Wildman–Crippen LogP) is 0.837. The maximum Gasteiger partial charge on any atom is 0.312 e. The molecule has 1 aromatic rings. The van der Waals surface area contributed by atoms with Crippen LogP contribution >= 0.6 is 0 Å². The highest BCUT2D eigenvalue weighted by Gasteiger charge is 2.38. The van der Waals surface area contributed by atoms with E-state index in [0.29, 0.717) is 6.42 Å². The summed E-state index contributed by atoms with van der Waals surface area (Å²) in [5.74, 6) is -1.97. The van der Waals surface area contributed by atoms with Gasteiger partial charge >= 0.3 is 5.97 Å². The van der Waals surface area contributed by atoms with Gasteiger partial charge in [0.1, 0.15) is 0 Å². The van der Waals surface area contributed by atoms with Crippen molar-refractivity contribution in [3.63, 3.8) is 0 Å². The van der Waals surface area contributed by atoms with Crippen molar-refractivity contribution in [2.75, 3.05) is 23.0 Å². The number of nitrogens with one attached hydrogen (secondary N) is 1. The molecule has 1 N–H and O–H groups in total. The smallest absolute Gasteiger partial charge is 0.312 e. The van der Waals surface area contributed by atoms with Crippen molar-refractivity contribution < 1.29 is 27.5 Å². The average molecular weight is 423 g/mol. The summed E-state index contributed by atoms with van der Waals surface area (Å²) < 4.78 is 28.3. The van der Waals surface area contributed by atoms with E-state index in [9.17, 15) is 22.8 Å². The molecule has 0 unspecified atom stereocenters. The van der Waals surface area contributed by atoms with Crippen LogP contribution in [0.1, 0.15) is 32.3 Å². The van der Waals surface area contributed by atoms with Crippen molar-refractivity contribution in [1.29, 1.82) is 0 Å². The van der Waals surface area contributed by atoms with E-state index in [1.165, 1.54) is 6.92 Å². The van der Waals surface area contributed by atoms with Crippen molar-refractivity contribution in [2.24, 2.45) is 5.92 Å². The van der Waals surface area contributed by atoms with Gasteiger partial charge in [-0.25, -0.2) is 8.42 Å². The Labute approximate surface area is 170 Å². The number of para-hydroxylation sites is 1. The first-order valence-corrected chi connectivity index (χ1v) is 11.6. The van der Waals surface area contributed by atoms with Gasteiger partial charge in [-0.05, 0) is 31.4 Å². The zero-order valence-electron chi connectivity index (χ0n) is 16.6. The normalized spacial score (nSPS) is 24.3. The molecular formula is C20H26N2O6S. The molecule has 29 heavy (non-hydrogen) atoms.